The molecule has 0 radical (unpaired) electrons. The first-order chi connectivity index (χ1) is 13.9. The van der Waals surface area contributed by atoms with Gasteiger partial charge in [-0.3, -0.25) is 9.10 Å². The molecule has 0 aromatic heterocycles. The molecule has 3 rings (SSSR count). The number of nitrogens with zero attached hydrogens (tertiary/aromatic N) is 1. The summed E-state index contributed by atoms with van der Waals surface area (Å²) in [5.41, 5.74) is 1.33. The monoisotopic (exact) mass is 436 g/mol. The van der Waals surface area contributed by atoms with Crippen molar-refractivity contribution in [3.8, 4) is 5.75 Å². The Hall–Kier alpha value is -2.25. The van der Waals surface area contributed by atoms with Crippen molar-refractivity contribution >= 4 is 38.9 Å². The fourth-order valence-electron chi connectivity index (χ4n) is 3.13. The van der Waals surface area contributed by atoms with Gasteiger partial charge in [0.2, 0.25) is 10.0 Å². The number of carbonyl (C=O) groups is 1. The number of halogens is 1. The van der Waals surface area contributed by atoms with Gasteiger partial charge in [-0.25, -0.2) is 8.42 Å². The van der Waals surface area contributed by atoms with Crippen LogP contribution in [0.4, 0.5) is 11.4 Å². The predicted molar refractivity (Wildman–Crippen MR) is 117 cm³/mol. The van der Waals surface area contributed by atoms with E-state index in [2.05, 4.69) is 12.2 Å². The van der Waals surface area contributed by atoms with Gasteiger partial charge in [0.1, 0.15) is 5.75 Å². The first-order valence-electron chi connectivity index (χ1n) is 9.75. The summed E-state index contributed by atoms with van der Waals surface area (Å²) in [6.45, 7) is 3.22. The molecule has 8 heteroatoms. The van der Waals surface area contributed by atoms with Gasteiger partial charge >= 0.3 is 0 Å². The van der Waals surface area contributed by atoms with Crippen LogP contribution in [0, 0.1) is 0 Å². The zero-order valence-corrected chi connectivity index (χ0v) is 17.9. The number of unbranched alkanes of at least 4 members (excludes halogenated alkanes) is 2. The van der Waals surface area contributed by atoms with Crippen LogP contribution in [0.15, 0.2) is 42.5 Å². The second-order valence-corrected chi connectivity index (χ2v) is 9.36. The smallest absolute Gasteiger partial charge is 0.255 e. The van der Waals surface area contributed by atoms with Crippen molar-refractivity contribution in [1.29, 1.82) is 0 Å². The summed E-state index contributed by atoms with van der Waals surface area (Å²) in [6, 6.07) is 11.7. The molecule has 0 unspecified atom stereocenters. The Bertz CT molecular complexity index is 961. The molecule has 1 heterocycles. The molecular weight excluding hydrogens is 412 g/mol. The number of sulfonamides is 1. The van der Waals surface area contributed by atoms with E-state index >= 15 is 0 Å². The van der Waals surface area contributed by atoms with Crippen LogP contribution in [0.25, 0.3) is 0 Å². The molecule has 1 saturated heterocycles. The first kappa shape index (κ1) is 21.5. The number of anilines is 2. The van der Waals surface area contributed by atoms with Crippen LogP contribution in [-0.2, 0) is 10.0 Å². The molecule has 2 aromatic carbocycles. The largest absolute Gasteiger partial charge is 0.494 e. The third kappa shape index (κ3) is 5.42. The quantitative estimate of drug-likeness (QED) is 0.608. The first-order valence-corrected chi connectivity index (χ1v) is 11.7. The molecule has 0 saturated carbocycles. The molecule has 0 aliphatic carbocycles. The predicted octanol–water partition coefficient (Wildman–Crippen LogP) is 4.70. The number of hydrogen-bond acceptors (Lipinski definition) is 4. The highest BCUT2D eigenvalue weighted by atomic mass is 35.5. The highest BCUT2D eigenvalue weighted by molar-refractivity contribution is 7.93. The van der Waals surface area contributed by atoms with E-state index in [0.29, 0.717) is 41.5 Å². The molecule has 0 atom stereocenters. The molecule has 1 aliphatic heterocycles. The van der Waals surface area contributed by atoms with Gasteiger partial charge in [-0.15, -0.1) is 0 Å². The highest BCUT2D eigenvalue weighted by Gasteiger charge is 2.28. The Kier molecular flexibility index (Phi) is 7.03. The van der Waals surface area contributed by atoms with E-state index in [9.17, 15) is 13.2 Å². The van der Waals surface area contributed by atoms with Crippen LogP contribution in [0.1, 0.15) is 43.0 Å². The number of carbonyl (C=O) groups excluding carboxylic acids is 1. The third-order valence-corrected chi connectivity index (χ3v) is 6.92. The maximum Gasteiger partial charge on any atom is 0.255 e. The summed E-state index contributed by atoms with van der Waals surface area (Å²) in [5.74, 6) is 0.521. The summed E-state index contributed by atoms with van der Waals surface area (Å²) in [5, 5.41) is 3.11. The lowest BCUT2D eigenvalue weighted by molar-refractivity contribution is 0.102. The third-order valence-electron chi connectivity index (χ3n) is 4.72. The minimum absolute atomic E-state index is 0.129. The molecule has 1 amide bonds. The molecule has 0 bridgehead atoms. The van der Waals surface area contributed by atoms with Crippen molar-refractivity contribution in [1.82, 2.24) is 0 Å². The Morgan fingerprint density at radius 3 is 2.59 bits per heavy atom. The average molecular weight is 437 g/mol. The van der Waals surface area contributed by atoms with Crippen molar-refractivity contribution in [2.45, 2.75) is 32.6 Å². The molecule has 1 N–H and O–H groups in total. The van der Waals surface area contributed by atoms with E-state index < -0.39 is 10.0 Å². The molecule has 6 nitrogen and oxygen atoms in total. The van der Waals surface area contributed by atoms with Gasteiger partial charge in [-0.05, 0) is 55.3 Å². The Morgan fingerprint density at radius 2 is 1.93 bits per heavy atom. The van der Waals surface area contributed by atoms with E-state index in [-0.39, 0.29) is 11.7 Å². The van der Waals surface area contributed by atoms with E-state index in [1.165, 1.54) is 4.31 Å². The molecular formula is C21H25ClN2O4S. The van der Waals surface area contributed by atoms with E-state index in [4.69, 9.17) is 16.3 Å². The van der Waals surface area contributed by atoms with Gasteiger partial charge in [-0.2, -0.15) is 0 Å². The fourth-order valence-corrected chi connectivity index (χ4v) is 4.85. The van der Waals surface area contributed by atoms with Gasteiger partial charge in [0, 0.05) is 12.1 Å². The number of rotatable bonds is 8. The van der Waals surface area contributed by atoms with Gasteiger partial charge < -0.3 is 10.1 Å². The zero-order chi connectivity index (χ0) is 20.9. The molecule has 29 heavy (non-hydrogen) atoms. The summed E-state index contributed by atoms with van der Waals surface area (Å²) in [7, 11) is -3.30. The summed E-state index contributed by atoms with van der Waals surface area (Å²) in [6.07, 6.45) is 3.84. The maximum atomic E-state index is 12.6. The van der Waals surface area contributed by atoms with Gasteiger partial charge in [0.05, 0.1) is 28.8 Å². The molecule has 2 aromatic rings. The van der Waals surface area contributed by atoms with E-state index in [1.807, 2.05) is 0 Å². The normalized spacial score (nSPS) is 15.3. The Labute approximate surface area is 176 Å². The average Bonchev–Trinajstić information content (AvgIpc) is 3.06. The van der Waals surface area contributed by atoms with Crippen molar-refractivity contribution in [3.05, 3.63) is 53.1 Å². The lowest BCUT2D eigenvalue weighted by Crippen LogP contribution is -2.25. The van der Waals surface area contributed by atoms with Crippen molar-refractivity contribution < 1.29 is 17.9 Å². The van der Waals surface area contributed by atoms with Crippen LogP contribution in [0.5, 0.6) is 5.75 Å². The summed E-state index contributed by atoms with van der Waals surface area (Å²) in [4.78, 5) is 12.6. The van der Waals surface area contributed by atoms with Crippen LogP contribution in [0.2, 0.25) is 5.02 Å². The Balaban J connectivity index is 1.68. The standard InChI is InChI=1S/C21H25ClN2O4S/c1-2-3-4-13-28-18-9-6-16(7-10-18)21(25)23-20-15-17(8-11-19(20)22)24-12-5-14-29(24,26)27/h6-11,15H,2-5,12-14H2,1H3,(H,23,25). The second kappa shape index (κ2) is 9.50. The number of nitrogens with one attached hydrogen (secondary N) is 1. The van der Waals surface area contributed by atoms with Crippen LogP contribution < -0.4 is 14.4 Å². The van der Waals surface area contributed by atoms with Crippen LogP contribution in [0.3, 0.4) is 0 Å². The molecule has 1 aliphatic rings. The van der Waals surface area contributed by atoms with E-state index in [0.717, 1.165) is 25.0 Å². The number of hydrogen-bond donors (Lipinski definition) is 1. The van der Waals surface area contributed by atoms with Crippen LogP contribution in [-0.4, -0.2) is 33.2 Å². The molecule has 156 valence electrons. The topological polar surface area (TPSA) is 75.7 Å². The van der Waals surface area contributed by atoms with Crippen molar-refractivity contribution in [2.75, 3.05) is 28.5 Å². The Morgan fingerprint density at radius 1 is 1.17 bits per heavy atom. The van der Waals surface area contributed by atoms with Crippen LogP contribution >= 0.6 is 11.6 Å². The van der Waals surface area contributed by atoms with Gasteiger partial charge in [0.25, 0.3) is 5.91 Å². The fraction of sp³-hybridized carbons (Fsp3) is 0.381. The minimum atomic E-state index is -3.30. The minimum Gasteiger partial charge on any atom is -0.494 e. The lowest BCUT2D eigenvalue weighted by Gasteiger charge is -2.18. The number of amides is 1. The van der Waals surface area contributed by atoms with Gasteiger partial charge in [-0.1, -0.05) is 31.4 Å². The number of benzene rings is 2. The highest BCUT2D eigenvalue weighted by Crippen LogP contribution is 2.31. The second-order valence-electron chi connectivity index (χ2n) is 6.94. The zero-order valence-electron chi connectivity index (χ0n) is 16.4. The van der Waals surface area contributed by atoms with Crippen molar-refractivity contribution in [2.24, 2.45) is 0 Å². The van der Waals surface area contributed by atoms with Gasteiger partial charge in [0.15, 0.2) is 0 Å². The summed E-state index contributed by atoms with van der Waals surface area (Å²) < 4.78 is 31.3. The van der Waals surface area contributed by atoms with E-state index in [1.54, 1.807) is 42.5 Å². The van der Waals surface area contributed by atoms with Crippen molar-refractivity contribution in [3.63, 3.8) is 0 Å². The molecule has 1 fully saturated rings. The summed E-state index contributed by atoms with van der Waals surface area (Å²) >= 11 is 6.21. The number of ether oxygens (including phenoxy) is 1. The SMILES string of the molecule is CCCCCOc1ccc(C(=O)Nc2cc(N3CCCS3(=O)=O)ccc2Cl)cc1. The maximum absolute atomic E-state index is 12.6. The lowest BCUT2D eigenvalue weighted by atomic mass is 10.2. The molecule has 0 spiro atoms.